The second kappa shape index (κ2) is 7.96. The van der Waals surface area contributed by atoms with E-state index in [1.807, 2.05) is 31.3 Å². The van der Waals surface area contributed by atoms with Crippen molar-refractivity contribution < 1.29 is 9.21 Å². The molecule has 3 N–H and O–H groups in total. The molecule has 0 bridgehead atoms. The number of aryl methyl sites for hydroxylation is 1. The Balaban J connectivity index is 1.38. The lowest BCUT2D eigenvalue weighted by atomic mass is 10.1. The van der Waals surface area contributed by atoms with E-state index in [0.717, 1.165) is 17.6 Å². The smallest absolute Gasteiger partial charge is 0.270 e. The lowest BCUT2D eigenvalue weighted by molar-refractivity contribution is 0.0943. The molecule has 3 heterocycles. The molecule has 7 nitrogen and oxygen atoms in total. The van der Waals surface area contributed by atoms with E-state index < -0.39 is 0 Å². The highest BCUT2D eigenvalue weighted by molar-refractivity contribution is 5.92. The first-order valence-corrected chi connectivity index (χ1v) is 9.14. The molecule has 0 aliphatic rings. The average Bonchev–Trinajstić information content (AvgIpc) is 3.36. The third kappa shape index (κ3) is 4.03. The molecule has 0 aliphatic heterocycles. The van der Waals surface area contributed by atoms with Gasteiger partial charge in [-0.05, 0) is 43.2 Å². The van der Waals surface area contributed by atoms with Crippen LogP contribution in [0.1, 0.15) is 27.5 Å². The zero-order chi connectivity index (χ0) is 19.3. The van der Waals surface area contributed by atoms with Gasteiger partial charge in [0.05, 0.1) is 12.8 Å². The molecule has 0 unspecified atom stereocenters. The molecule has 1 amide bonds. The number of carbonyl (C=O) groups is 1. The quantitative estimate of drug-likeness (QED) is 0.460. The van der Waals surface area contributed by atoms with Crippen LogP contribution in [0.25, 0.3) is 10.9 Å². The average molecular weight is 375 g/mol. The van der Waals surface area contributed by atoms with E-state index in [1.54, 1.807) is 18.4 Å². The molecular formula is C21H21N5O2. The van der Waals surface area contributed by atoms with Crippen molar-refractivity contribution in [2.45, 2.75) is 19.9 Å². The maximum atomic E-state index is 12.4. The molecule has 0 spiro atoms. The highest BCUT2D eigenvalue weighted by Crippen LogP contribution is 2.18. The van der Waals surface area contributed by atoms with Crippen molar-refractivity contribution in [1.82, 2.24) is 20.3 Å². The van der Waals surface area contributed by atoms with Crippen LogP contribution in [-0.4, -0.2) is 27.4 Å². The fourth-order valence-corrected chi connectivity index (χ4v) is 3.08. The Morgan fingerprint density at radius 2 is 2.07 bits per heavy atom. The standard InChI is InChI=1S/C21H21N5O2/c1-14-11-19(20(27)24-13-16-5-4-10-28-16)26-21(25-14)22-9-8-15-12-23-18-7-3-2-6-17(15)18/h2-7,10-12,23H,8-9,13H2,1H3,(H,24,27)(H,22,25,26). The highest BCUT2D eigenvalue weighted by atomic mass is 16.3. The monoisotopic (exact) mass is 375 g/mol. The van der Waals surface area contributed by atoms with E-state index in [2.05, 4.69) is 37.7 Å². The van der Waals surface area contributed by atoms with Crippen LogP contribution in [0.15, 0.2) is 59.3 Å². The molecule has 0 fully saturated rings. The minimum atomic E-state index is -0.262. The minimum Gasteiger partial charge on any atom is -0.467 e. The number of amides is 1. The Labute approximate surface area is 162 Å². The van der Waals surface area contributed by atoms with Crippen LogP contribution in [0.2, 0.25) is 0 Å². The van der Waals surface area contributed by atoms with Gasteiger partial charge in [-0.25, -0.2) is 9.97 Å². The van der Waals surface area contributed by atoms with E-state index in [9.17, 15) is 4.79 Å². The van der Waals surface area contributed by atoms with Gasteiger partial charge in [-0.3, -0.25) is 4.79 Å². The van der Waals surface area contributed by atoms with Crippen molar-refractivity contribution in [2.75, 3.05) is 11.9 Å². The molecule has 3 aromatic heterocycles. The highest BCUT2D eigenvalue weighted by Gasteiger charge is 2.11. The van der Waals surface area contributed by atoms with Crippen molar-refractivity contribution in [2.24, 2.45) is 0 Å². The van der Waals surface area contributed by atoms with Crippen LogP contribution in [-0.2, 0) is 13.0 Å². The first-order valence-electron chi connectivity index (χ1n) is 9.14. The number of rotatable bonds is 7. The Hall–Kier alpha value is -3.61. The second-order valence-corrected chi connectivity index (χ2v) is 6.52. The summed E-state index contributed by atoms with van der Waals surface area (Å²) in [7, 11) is 0. The maximum Gasteiger partial charge on any atom is 0.270 e. The number of aromatic nitrogens is 3. The van der Waals surface area contributed by atoms with Gasteiger partial charge in [-0.15, -0.1) is 0 Å². The van der Waals surface area contributed by atoms with Gasteiger partial charge < -0.3 is 20.0 Å². The minimum absolute atomic E-state index is 0.262. The van der Waals surface area contributed by atoms with Crippen LogP contribution in [0.3, 0.4) is 0 Å². The summed E-state index contributed by atoms with van der Waals surface area (Å²) in [6, 6.07) is 13.5. The van der Waals surface area contributed by atoms with Gasteiger partial charge in [0.25, 0.3) is 5.91 Å². The number of hydrogen-bond donors (Lipinski definition) is 3. The van der Waals surface area contributed by atoms with E-state index in [1.165, 1.54) is 10.9 Å². The number of anilines is 1. The molecule has 0 saturated carbocycles. The number of carbonyl (C=O) groups excluding carboxylic acids is 1. The number of aromatic amines is 1. The van der Waals surface area contributed by atoms with Crippen LogP contribution in [0, 0.1) is 6.92 Å². The molecule has 7 heteroatoms. The van der Waals surface area contributed by atoms with Crippen LogP contribution < -0.4 is 10.6 Å². The van der Waals surface area contributed by atoms with Crippen molar-refractivity contribution >= 4 is 22.8 Å². The number of nitrogens with one attached hydrogen (secondary N) is 3. The summed E-state index contributed by atoms with van der Waals surface area (Å²) >= 11 is 0. The second-order valence-electron chi connectivity index (χ2n) is 6.52. The summed E-state index contributed by atoms with van der Waals surface area (Å²) in [5, 5.41) is 7.23. The Morgan fingerprint density at radius 1 is 1.18 bits per heavy atom. The third-order valence-electron chi connectivity index (χ3n) is 4.44. The fourth-order valence-electron chi connectivity index (χ4n) is 3.08. The van der Waals surface area contributed by atoms with Gasteiger partial charge in [0, 0.05) is 29.3 Å². The van der Waals surface area contributed by atoms with Gasteiger partial charge in [0.15, 0.2) is 0 Å². The molecule has 0 saturated heterocycles. The molecular weight excluding hydrogens is 354 g/mol. The summed E-state index contributed by atoms with van der Waals surface area (Å²) in [5.41, 5.74) is 3.41. The zero-order valence-corrected chi connectivity index (χ0v) is 15.5. The zero-order valence-electron chi connectivity index (χ0n) is 15.5. The molecule has 4 aromatic rings. The number of H-pyrrole nitrogens is 1. The first-order chi connectivity index (χ1) is 13.7. The molecule has 4 rings (SSSR count). The number of fused-ring (bicyclic) bond motifs is 1. The summed E-state index contributed by atoms with van der Waals surface area (Å²) in [5.74, 6) is 0.876. The predicted octanol–water partition coefficient (Wildman–Crippen LogP) is 3.44. The van der Waals surface area contributed by atoms with Crippen molar-refractivity contribution in [3.63, 3.8) is 0 Å². The Kier molecular flexibility index (Phi) is 5.05. The van der Waals surface area contributed by atoms with Gasteiger partial charge in [-0.2, -0.15) is 0 Å². The number of para-hydroxylation sites is 1. The lowest BCUT2D eigenvalue weighted by Crippen LogP contribution is -2.24. The molecule has 0 aliphatic carbocycles. The van der Waals surface area contributed by atoms with E-state index in [-0.39, 0.29) is 5.91 Å². The third-order valence-corrected chi connectivity index (χ3v) is 4.44. The predicted molar refractivity (Wildman–Crippen MR) is 107 cm³/mol. The largest absolute Gasteiger partial charge is 0.467 e. The molecule has 1 aromatic carbocycles. The van der Waals surface area contributed by atoms with Crippen LogP contribution >= 0.6 is 0 Å². The van der Waals surface area contributed by atoms with Crippen molar-refractivity contribution in [3.05, 3.63) is 77.6 Å². The van der Waals surface area contributed by atoms with Gasteiger partial charge in [0.1, 0.15) is 11.5 Å². The van der Waals surface area contributed by atoms with E-state index in [4.69, 9.17) is 4.42 Å². The summed E-state index contributed by atoms with van der Waals surface area (Å²) in [6.45, 7) is 2.83. The topological polar surface area (TPSA) is 95.8 Å². The number of nitrogens with zero attached hydrogens (tertiary/aromatic N) is 2. The van der Waals surface area contributed by atoms with E-state index >= 15 is 0 Å². The van der Waals surface area contributed by atoms with Crippen molar-refractivity contribution in [3.8, 4) is 0 Å². The summed E-state index contributed by atoms with van der Waals surface area (Å²) in [4.78, 5) is 24.4. The molecule has 0 radical (unpaired) electrons. The fraction of sp³-hybridized carbons (Fsp3) is 0.190. The summed E-state index contributed by atoms with van der Waals surface area (Å²) < 4.78 is 5.22. The van der Waals surface area contributed by atoms with Crippen LogP contribution in [0.5, 0.6) is 0 Å². The van der Waals surface area contributed by atoms with Gasteiger partial charge >= 0.3 is 0 Å². The number of furan rings is 1. The van der Waals surface area contributed by atoms with Crippen molar-refractivity contribution in [1.29, 1.82) is 0 Å². The molecule has 28 heavy (non-hydrogen) atoms. The SMILES string of the molecule is Cc1cc(C(=O)NCc2ccco2)nc(NCCc2c[nH]c3ccccc23)n1. The lowest BCUT2D eigenvalue weighted by Gasteiger charge is -2.08. The first kappa shape index (κ1) is 17.8. The maximum absolute atomic E-state index is 12.4. The number of benzene rings is 1. The van der Waals surface area contributed by atoms with Crippen LogP contribution in [0.4, 0.5) is 5.95 Å². The normalized spacial score (nSPS) is 10.9. The van der Waals surface area contributed by atoms with Gasteiger partial charge in [-0.1, -0.05) is 18.2 Å². The Bertz CT molecular complexity index is 1090. The summed E-state index contributed by atoms with van der Waals surface area (Å²) in [6.07, 6.45) is 4.42. The number of hydrogen-bond acceptors (Lipinski definition) is 5. The molecule has 142 valence electrons. The Morgan fingerprint density at radius 3 is 2.93 bits per heavy atom. The van der Waals surface area contributed by atoms with E-state index in [0.29, 0.717) is 30.5 Å². The molecule has 0 atom stereocenters. The van der Waals surface area contributed by atoms with Gasteiger partial charge in [0.2, 0.25) is 5.95 Å².